The van der Waals surface area contributed by atoms with Crippen molar-refractivity contribution < 1.29 is 9.18 Å². The fraction of sp³-hybridized carbons (Fsp3) is 0.348. The molecule has 1 N–H and O–H groups in total. The predicted octanol–water partition coefficient (Wildman–Crippen LogP) is 5.23. The molecule has 1 atom stereocenters. The zero-order chi connectivity index (χ0) is 21.9. The van der Waals surface area contributed by atoms with Gasteiger partial charge in [-0.3, -0.25) is 9.36 Å². The number of thioether (sulfide) groups is 1. The fourth-order valence-electron chi connectivity index (χ4n) is 2.80. The highest BCUT2D eigenvalue weighted by atomic mass is 32.2. The first-order valence-corrected chi connectivity index (χ1v) is 10.8. The van der Waals surface area contributed by atoms with E-state index in [1.807, 2.05) is 63.5 Å². The van der Waals surface area contributed by atoms with Crippen molar-refractivity contribution in [1.82, 2.24) is 20.1 Å². The lowest BCUT2D eigenvalue weighted by Crippen LogP contribution is -2.37. The fourth-order valence-corrected chi connectivity index (χ4v) is 3.71. The van der Waals surface area contributed by atoms with Crippen molar-refractivity contribution in [3.8, 4) is 5.69 Å². The second-order valence-corrected chi connectivity index (χ2v) is 9.31. The van der Waals surface area contributed by atoms with Crippen LogP contribution in [0.4, 0.5) is 4.39 Å². The Hall–Kier alpha value is -2.67. The Kier molecular flexibility index (Phi) is 6.61. The van der Waals surface area contributed by atoms with E-state index in [0.29, 0.717) is 11.6 Å². The summed E-state index contributed by atoms with van der Waals surface area (Å²) < 4.78 is 15.2. The summed E-state index contributed by atoms with van der Waals surface area (Å²) in [6.45, 7) is 9.58. The third kappa shape index (κ3) is 5.27. The van der Waals surface area contributed by atoms with Gasteiger partial charge in [0.25, 0.3) is 0 Å². The lowest BCUT2D eigenvalue weighted by atomic mass is 9.95. The highest BCUT2D eigenvalue weighted by molar-refractivity contribution is 7.98. The summed E-state index contributed by atoms with van der Waals surface area (Å²) in [5.74, 6) is 0.997. The molecule has 0 aliphatic heterocycles. The molecule has 0 unspecified atom stereocenters. The van der Waals surface area contributed by atoms with E-state index in [2.05, 4.69) is 15.5 Å². The van der Waals surface area contributed by atoms with Crippen LogP contribution < -0.4 is 5.32 Å². The van der Waals surface area contributed by atoms with Crippen molar-refractivity contribution in [1.29, 1.82) is 0 Å². The molecular formula is C23H27FN4OS. The Bertz CT molecular complexity index is 1010. The van der Waals surface area contributed by atoms with Crippen molar-refractivity contribution in [2.45, 2.75) is 51.6 Å². The number of aromatic nitrogens is 3. The minimum absolute atomic E-state index is 0.0472. The van der Waals surface area contributed by atoms with Gasteiger partial charge in [-0.05, 0) is 43.7 Å². The van der Waals surface area contributed by atoms with E-state index in [9.17, 15) is 9.18 Å². The van der Waals surface area contributed by atoms with Crippen molar-refractivity contribution in [2.24, 2.45) is 5.41 Å². The summed E-state index contributed by atoms with van der Waals surface area (Å²) >= 11 is 1.52. The van der Waals surface area contributed by atoms with Gasteiger partial charge in [0.15, 0.2) is 11.0 Å². The van der Waals surface area contributed by atoms with Gasteiger partial charge in [0.1, 0.15) is 5.82 Å². The van der Waals surface area contributed by atoms with Crippen LogP contribution in [-0.2, 0) is 10.5 Å². The number of hydrogen-bond acceptors (Lipinski definition) is 4. The molecule has 0 spiro atoms. The highest BCUT2D eigenvalue weighted by Crippen LogP contribution is 2.28. The first kappa shape index (κ1) is 22.0. The second-order valence-electron chi connectivity index (χ2n) is 8.37. The summed E-state index contributed by atoms with van der Waals surface area (Å²) in [7, 11) is 0. The maximum atomic E-state index is 13.2. The quantitative estimate of drug-likeness (QED) is 0.548. The lowest BCUT2D eigenvalue weighted by Gasteiger charge is -2.22. The maximum Gasteiger partial charge on any atom is 0.225 e. The summed E-state index contributed by atoms with van der Waals surface area (Å²) in [5.41, 5.74) is 2.58. The Morgan fingerprint density at radius 1 is 1.10 bits per heavy atom. The Morgan fingerprint density at radius 3 is 2.33 bits per heavy atom. The zero-order valence-electron chi connectivity index (χ0n) is 17.9. The smallest absolute Gasteiger partial charge is 0.225 e. The van der Waals surface area contributed by atoms with Crippen LogP contribution in [-0.4, -0.2) is 20.7 Å². The van der Waals surface area contributed by atoms with Crippen LogP contribution in [0.1, 0.15) is 50.7 Å². The molecular weight excluding hydrogens is 399 g/mol. The van der Waals surface area contributed by atoms with Gasteiger partial charge in [0.2, 0.25) is 5.91 Å². The van der Waals surface area contributed by atoms with E-state index in [1.54, 1.807) is 12.1 Å². The van der Waals surface area contributed by atoms with Crippen LogP contribution in [0.25, 0.3) is 5.69 Å². The minimum Gasteiger partial charge on any atom is -0.346 e. The highest BCUT2D eigenvalue weighted by Gasteiger charge is 2.26. The molecule has 7 heteroatoms. The van der Waals surface area contributed by atoms with Crippen molar-refractivity contribution in [3.63, 3.8) is 0 Å². The number of halogens is 1. The van der Waals surface area contributed by atoms with Gasteiger partial charge < -0.3 is 5.32 Å². The van der Waals surface area contributed by atoms with Crippen LogP contribution >= 0.6 is 11.8 Å². The van der Waals surface area contributed by atoms with Crippen LogP contribution in [0, 0.1) is 18.2 Å². The van der Waals surface area contributed by atoms with Crippen molar-refractivity contribution in [3.05, 3.63) is 71.3 Å². The van der Waals surface area contributed by atoms with E-state index in [-0.39, 0.29) is 17.8 Å². The van der Waals surface area contributed by atoms with E-state index >= 15 is 0 Å². The van der Waals surface area contributed by atoms with Crippen LogP contribution in [0.2, 0.25) is 0 Å². The number of rotatable bonds is 6. The van der Waals surface area contributed by atoms with Crippen LogP contribution in [0.15, 0.2) is 53.7 Å². The number of amides is 1. The first-order valence-electron chi connectivity index (χ1n) is 9.85. The van der Waals surface area contributed by atoms with E-state index < -0.39 is 5.41 Å². The molecule has 5 nitrogen and oxygen atoms in total. The molecule has 0 aliphatic carbocycles. The molecule has 0 fully saturated rings. The standard InChI is InChI=1S/C23H27FN4OS/c1-15-6-12-19(13-7-15)28-20(16(2)25-21(29)23(3,4)5)26-27-22(28)30-14-17-8-10-18(24)11-9-17/h6-13,16H,14H2,1-5H3,(H,25,29)/t16-/m1/s1. The molecule has 0 radical (unpaired) electrons. The van der Waals surface area contributed by atoms with Crippen molar-refractivity contribution >= 4 is 17.7 Å². The van der Waals surface area contributed by atoms with E-state index in [4.69, 9.17) is 0 Å². The van der Waals surface area contributed by atoms with Gasteiger partial charge in [0, 0.05) is 16.9 Å². The van der Waals surface area contributed by atoms with Crippen LogP contribution in [0.5, 0.6) is 0 Å². The number of aryl methyl sites for hydroxylation is 1. The number of carbonyl (C=O) groups is 1. The Morgan fingerprint density at radius 2 is 1.73 bits per heavy atom. The molecule has 0 saturated carbocycles. The summed E-state index contributed by atoms with van der Waals surface area (Å²) in [6, 6.07) is 14.2. The van der Waals surface area contributed by atoms with Gasteiger partial charge >= 0.3 is 0 Å². The Labute approximate surface area is 181 Å². The second kappa shape index (κ2) is 9.00. The third-order valence-electron chi connectivity index (χ3n) is 4.65. The molecule has 158 valence electrons. The van der Waals surface area contributed by atoms with Gasteiger partial charge in [-0.2, -0.15) is 0 Å². The van der Waals surface area contributed by atoms with E-state index in [1.165, 1.54) is 23.9 Å². The SMILES string of the molecule is Cc1ccc(-n2c(SCc3ccc(F)cc3)nnc2[C@@H](C)NC(=O)C(C)(C)C)cc1. The van der Waals surface area contributed by atoms with Gasteiger partial charge in [-0.15, -0.1) is 10.2 Å². The average Bonchev–Trinajstić information content (AvgIpc) is 3.11. The molecule has 1 heterocycles. The third-order valence-corrected chi connectivity index (χ3v) is 5.65. The van der Waals surface area contributed by atoms with Crippen LogP contribution in [0.3, 0.4) is 0 Å². The number of hydrogen-bond donors (Lipinski definition) is 1. The molecule has 0 saturated heterocycles. The summed E-state index contributed by atoms with van der Waals surface area (Å²) in [5, 5.41) is 12.5. The topological polar surface area (TPSA) is 59.8 Å². The van der Waals surface area contributed by atoms with Gasteiger partial charge in [-0.25, -0.2) is 4.39 Å². The average molecular weight is 427 g/mol. The number of benzene rings is 2. The molecule has 1 amide bonds. The normalized spacial score (nSPS) is 12.6. The Balaban J connectivity index is 1.91. The lowest BCUT2D eigenvalue weighted by molar-refractivity contribution is -0.129. The zero-order valence-corrected chi connectivity index (χ0v) is 18.8. The van der Waals surface area contributed by atoms with Gasteiger partial charge in [-0.1, -0.05) is 62.4 Å². The summed E-state index contributed by atoms with van der Waals surface area (Å²) in [4.78, 5) is 12.5. The van der Waals surface area contributed by atoms with Crippen molar-refractivity contribution in [2.75, 3.05) is 0 Å². The molecule has 30 heavy (non-hydrogen) atoms. The predicted molar refractivity (Wildman–Crippen MR) is 118 cm³/mol. The number of carbonyl (C=O) groups excluding carboxylic acids is 1. The monoisotopic (exact) mass is 426 g/mol. The molecule has 3 rings (SSSR count). The molecule has 2 aromatic carbocycles. The maximum absolute atomic E-state index is 13.2. The molecule has 0 aliphatic rings. The molecule has 1 aromatic heterocycles. The largest absolute Gasteiger partial charge is 0.346 e. The molecule has 0 bridgehead atoms. The first-order chi connectivity index (χ1) is 14.1. The molecule has 3 aromatic rings. The van der Waals surface area contributed by atoms with Gasteiger partial charge in [0.05, 0.1) is 6.04 Å². The number of nitrogens with one attached hydrogen (secondary N) is 1. The summed E-state index contributed by atoms with van der Waals surface area (Å²) in [6.07, 6.45) is 0. The van der Waals surface area contributed by atoms with E-state index in [0.717, 1.165) is 22.0 Å². The minimum atomic E-state index is -0.497. The number of nitrogens with zero attached hydrogens (tertiary/aromatic N) is 3.